The molecule has 0 saturated carbocycles. The van der Waals surface area contributed by atoms with Crippen molar-refractivity contribution < 1.29 is 27.1 Å². The standard InChI is InChI=1S/C14H9F5O/c15-11-4-2-1-3-9(11)13(20)8-5-6-10(12(16)7-8)14(17,18)19/h1-7,13,20H. The van der Waals surface area contributed by atoms with Gasteiger partial charge in [-0.2, -0.15) is 13.2 Å². The largest absolute Gasteiger partial charge is 0.419 e. The van der Waals surface area contributed by atoms with Crippen molar-refractivity contribution in [3.63, 3.8) is 0 Å². The minimum absolute atomic E-state index is 0.133. The molecule has 2 aromatic rings. The molecule has 0 bridgehead atoms. The summed E-state index contributed by atoms with van der Waals surface area (Å²) in [6.07, 6.45) is -6.35. The summed E-state index contributed by atoms with van der Waals surface area (Å²) in [5, 5.41) is 9.90. The fraction of sp³-hybridized carbons (Fsp3) is 0.143. The SMILES string of the molecule is OC(c1ccc(C(F)(F)F)c(F)c1)c1ccccc1F. The maximum Gasteiger partial charge on any atom is 0.419 e. The molecule has 1 atom stereocenters. The Morgan fingerprint density at radius 2 is 1.55 bits per heavy atom. The third-order valence-electron chi connectivity index (χ3n) is 2.81. The van der Waals surface area contributed by atoms with Crippen LogP contribution in [0.15, 0.2) is 42.5 Å². The molecule has 1 unspecified atom stereocenters. The molecule has 0 radical (unpaired) electrons. The Hall–Kier alpha value is -1.95. The molecule has 0 amide bonds. The van der Waals surface area contributed by atoms with Crippen LogP contribution in [0.2, 0.25) is 0 Å². The van der Waals surface area contributed by atoms with Crippen LogP contribution in [0.1, 0.15) is 22.8 Å². The average Bonchev–Trinajstić information content (AvgIpc) is 2.37. The van der Waals surface area contributed by atoms with Crippen molar-refractivity contribution in [1.82, 2.24) is 0 Å². The van der Waals surface area contributed by atoms with Crippen molar-refractivity contribution in [1.29, 1.82) is 0 Å². The Kier molecular flexibility index (Phi) is 3.76. The van der Waals surface area contributed by atoms with Gasteiger partial charge in [0.1, 0.15) is 17.7 Å². The first-order valence-electron chi connectivity index (χ1n) is 5.60. The lowest BCUT2D eigenvalue weighted by Gasteiger charge is -2.14. The number of aliphatic hydroxyl groups is 1. The van der Waals surface area contributed by atoms with Crippen LogP contribution in [0.25, 0.3) is 0 Å². The maximum absolute atomic E-state index is 13.5. The number of alkyl halides is 3. The first-order chi connectivity index (χ1) is 9.30. The predicted octanol–water partition coefficient (Wildman–Crippen LogP) is 4.07. The molecule has 0 spiro atoms. The lowest BCUT2D eigenvalue weighted by atomic mass is 9.99. The fourth-order valence-electron chi connectivity index (χ4n) is 1.81. The highest BCUT2D eigenvalue weighted by Crippen LogP contribution is 2.33. The topological polar surface area (TPSA) is 20.2 Å². The van der Waals surface area contributed by atoms with Crippen LogP contribution in [0.3, 0.4) is 0 Å². The monoisotopic (exact) mass is 288 g/mol. The van der Waals surface area contributed by atoms with Gasteiger partial charge in [-0.15, -0.1) is 0 Å². The minimum Gasteiger partial charge on any atom is -0.384 e. The lowest BCUT2D eigenvalue weighted by molar-refractivity contribution is -0.140. The van der Waals surface area contributed by atoms with Crippen LogP contribution in [-0.2, 0) is 6.18 Å². The van der Waals surface area contributed by atoms with Crippen LogP contribution in [-0.4, -0.2) is 5.11 Å². The zero-order chi connectivity index (χ0) is 14.9. The van der Waals surface area contributed by atoms with E-state index in [1.54, 1.807) is 0 Å². The van der Waals surface area contributed by atoms with Gasteiger partial charge in [-0.05, 0) is 23.8 Å². The normalized spacial score (nSPS) is 13.3. The summed E-state index contributed by atoms with van der Waals surface area (Å²) in [4.78, 5) is 0. The van der Waals surface area contributed by atoms with E-state index in [9.17, 15) is 27.1 Å². The van der Waals surface area contributed by atoms with Crippen molar-refractivity contribution >= 4 is 0 Å². The second-order valence-corrected chi connectivity index (χ2v) is 4.16. The van der Waals surface area contributed by atoms with Crippen molar-refractivity contribution in [2.24, 2.45) is 0 Å². The number of hydrogen-bond donors (Lipinski definition) is 1. The summed E-state index contributed by atoms with van der Waals surface area (Å²) in [7, 11) is 0. The number of halogens is 5. The van der Waals surface area contributed by atoms with Crippen LogP contribution < -0.4 is 0 Å². The zero-order valence-corrected chi connectivity index (χ0v) is 9.96. The number of rotatable bonds is 2. The average molecular weight is 288 g/mol. The van der Waals surface area contributed by atoms with E-state index in [2.05, 4.69) is 0 Å². The number of hydrogen-bond acceptors (Lipinski definition) is 1. The van der Waals surface area contributed by atoms with Crippen molar-refractivity contribution in [3.8, 4) is 0 Å². The van der Waals surface area contributed by atoms with E-state index < -0.39 is 29.5 Å². The van der Waals surface area contributed by atoms with Gasteiger partial charge < -0.3 is 5.11 Å². The molecule has 1 N–H and O–H groups in total. The molecule has 0 aliphatic rings. The molecule has 0 fully saturated rings. The van der Waals surface area contributed by atoms with E-state index in [0.29, 0.717) is 12.1 Å². The first-order valence-corrected chi connectivity index (χ1v) is 5.60. The van der Waals surface area contributed by atoms with Crippen LogP contribution >= 0.6 is 0 Å². The molecule has 106 valence electrons. The highest BCUT2D eigenvalue weighted by molar-refractivity contribution is 5.34. The summed E-state index contributed by atoms with van der Waals surface area (Å²) in [6, 6.07) is 7.23. The van der Waals surface area contributed by atoms with E-state index in [0.717, 1.165) is 12.1 Å². The summed E-state index contributed by atoms with van der Waals surface area (Å²) < 4.78 is 64.1. The second-order valence-electron chi connectivity index (χ2n) is 4.16. The molecule has 20 heavy (non-hydrogen) atoms. The quantitative estimate of drug-likeness (QED) is 0.826. The van der Waals surface area contributed by atoms with Gasteiger partial charge in [0.2, 0.25) is 0 Å². The van der Waals surface area contributed by atoms with Gasteiger partial charge >= 0.3 is 6.18 Å². The predicted molar refractivity (Wildman–Crippen MR) is 61.9 cm³/mol. The molecule has 6 heteroatoms. The number of benzene rings is 2. The van der Waals surface area contributed by atoms with Crippen molar-refractivity contribution in [3.05, 3.63) is 70.8 Å². The Balaban J connectivity index is 2.40. The first kappa shape index (κ1) is 14.5. The molecule has 0 heterocycles. The smallest absolute Gasteiger partial charge is 0.384 e. The van der Waals surface area contributed by atoms with E-state index in [4.69, 9.17) is 0 Å². The third kappa shape index (κ3) is 2.80. The lowest BCUT2D eigenvalue weighted by Crippen LogP contribution is -2.10. The van der Waals surface area contributed by atoms with Crippen molar-refractivity contribution in [2.45, 2.75) is 12.3 Å². The molecule has 0 aromatic heterocycles. The highest BCUT2D eigenvalue weighted by atomic mass is 19.4. The molecular formula is C14H9F5O. The zero-order valence-electron chi connectivity index (χ0n) is 9.96. The van der Waals surface area contributed by atoms with Crippen LogP contribution in [0, 0.1) is 11.6 Å². The van der Waals surface area contributed by atoms with Gasteiger partial charge in [-0.25, -0.2) is 8.78 Å². The highest BCUT2D eigenvalue weighted by Gasteiger charge is 2.34. The van der Waals surface area contributed by atoms with Gasteiger partial charge in [-0.1, -0.05) is 24.3 Å². The summed E-state index contributed by atoms with van der Waals surface area (Å²) in [6.45, 7) is 0. The van der Waals surface area contributed by atoms with E-state index in [1.165, 1.54) is 18.2 Å². The maximum atomic E-state index is 13.5. The van der Waals surface area contributed by atoms with Gasteiger partial charge in [0.25, 0.3) is 0 Å². The van der Waals surface area contributed by atoms with Gasteiger partial charge in [0.05, 0.1) is 5.56 Å². The van der Waals surface area contributed by atoms with E-state index >= 15 is 0 Å². The Morgan fingerprint density at radius 3 is 2.10 bits per heavy atom. The third-order valence-corrected chi connectivity index (χ3v) is 2.81. The van der Waals surface area contributed by atoms with Gasteiger partial charge in [0.15, 0.2) is 0 Å². The van der Waals surface area contributed by atoms with Crippen LogP contribution in [0.5, 0.6) is 0 Å². The number of aliphatic hydroxyl groups excluding tert-OH is 1. The van der Waals surface area contributed by atoms with Gasteiger partial charge in [0, 0.05) is 5.56 Å². The van der Waals surface area contributed by atoms with Crippen LogP contribution in [0.4, 0.5) is 22.0 Å². The van der Waals surface area contributed by atoms with E-state index in [1.807, 2.05) is 0 Å². The summed E-state index contributed by atoms with van der Waals surface area (Å²) >= 11 is 0. The molecule has 0 saturated heterocycles. The molecule has 2 rings (SSSR count). The fourth-order valence-corrected chi connectivity index (χ4v) is 1.81. The van der Waals surface area contributed by atoms with E-state index in [-0.39, 0.29) is 11.1 Å². The molecular weight excluding hydrogens is 279 g/mol. The molecule has 0 aliphatic heterocycles. The minimum atomic E-state index is -4.81. The van der Waals surface area contributed by atoms with Gasteiger partial charge in [-0.3, -0.25) is 0 Å². The Bertz CT molecular complexity index is 621. The molecule has 0 aliphatic carbocycles. The molecule has 1 nitrogen and oxygen atoms in total. The van der Waals surface area contributed by atoms with Crippen molar-refractivity contribution in [2.75, 3.05) is 0 Å². The summed E-state index contributed by atoms with van der Waals surface area (Å²) in [5.41, 5.74) is -1.71. The second kappa shape index (κ2) is 5.20. The Morgan fingerprint density at radius 1 is 0.900 bits per heavy atom. The Labute approximate surface area is 111 Å². The molecule has 2 aromatic carbocycles. The summed E-state index contributed by atoms with van der Waals surface area (Å²) in [5.74, 6) is -2.23.